The first-order valence-corrected chi connectivity index (χ1v) is 11.0. The Hall–Kier alpha value is -1.67. The topological polar surface area (TPSA) is 79.6 Å². The van der Waals surface area contributed by atoms with Gasteiger partial charge in [0.1, 0.15) is 12.4 Å². The molecule has 8 nitrogen and oxygen atoms in total. The van der Waals surface area contributed by atoms with E-state index in [1.165, 1.54) is 32.2 Å². The van der Waals surface area contributed by atoms with Crippen molar-refractivity contribution in [1.82, 2.24) is 30.3 Å². The third-order valence-corrected chi connectivity index (χ3v) is 5.77. The Balaban J connectivity index is 1.29. The van der Waals surface area contributed by atoms with Crippen molar-refractivity contribution in [1.29, 1.82) is 0 Å². The van der Waals surface area contributed by atoms with Gasteiger partial charge in [0.05, 0.1) is 13.1 Å². The SMILES string of the molecule is CCNC(=NCCN(CC1CC1)C1CC1)NC1CCc2nc(COC)nn2C1. The molecule has 0 spiro atoms. The van der Waals surface area contributed by atoms with E-state index in [1.54, 1.807) is 7.11 Å². The summed E-state index contributed by atoms with van der Waals surface area (Å²) in [5.74, 6) is 3.72. The average molecular weight is 390 g/mol. The van der Waals surface area contributed by atoms with E-state index in [4.69, 9.17) is 9.73 Å². The van der Waals surface area contributed by atoms with Gasteiger partial charge >= 0.3 is 0 Å². The number of hydrogen-bond acceptors (Lipinski definition) is 5. The second-order valence-corrected chi connectivity index (χ2v) is 8.37. The Bertz CT molecular complexity index is 666. The number of rotatable bonds is 10. The number of nitrogens with one attached hydrogen (secondary N) is 2. The molecular formula is C20H35N7O. The quantitative estimate of drug-likeness (QED) is 0.462. The molecule has 0 bridgehead atoms. The molecule has 2 N–H and O–H groups in total. The number of aliphatic imine (C=N–C) groups is 1. The molecule has 2 fully saturated rings. The molecule has 1 aromatic heterocycles. The smallest absolute Gasteiger partial charge is 0.191 e. The number of fused-ring (bicyclic) bond motifs is 1. The van der Waals surface area contributed by atoms with Crippen LogP contribution in [0.2, 0.25) is 0 Å². The number of aromatic nitrogens is 3. The Kier molecular flexibility index (Phi) is 6.47. The van der Waals surface area contributed by atoms with Crippen molar-refractivity contribution in [2.75, 3.05) is 33.3 Å². The molecule has 0 aromatic carbocycles. The highest BCUT2D eigenvalue weighted by atomic mass is 16.5. The zero-order chi connectivity index (χ0) is 19.3. The van der Waals surface area contributed by atoms with Gasteiger partial charge in [-0.25, -0.2) is 9.67 Å². The molecule has 8 heteroatoms. The molecule has 1 aliphatic heterocycles. The highest BCUT2D eigenvalue weighted by Gasteiger charge is 2.33. The van der Waals surface area contributed by atoms with Crippen LogP contribution in [0.1, 0.15) is 50.7 Å². The average Bonchev–Trinajstić information content (AvgIpc) is 3.59. The van der Waals surface area contributed by atoms with E-state index in [2.05, 4.69) is 32.5 Å². The molecule has 1 aromatic rings. The fourth-order valence-electron chi connectivity index (χ4n) is 3.97. The second kappa shape index (κ2) is 9.22. The lowest BCUT2D eigenvalue weighted by atomic mass is 10.1. The Morgan fingerprint density at radius 2 is 2.14 bits per heavy atom. The summed E-state index contributed by atoms with van der Waals surface area (Å²) in [5, 5.41) is 11.6. The van der Waals surface area contributed by atoms with Crippen molar-refractivity contribution in [2.45, 2.75) is 70.7 Å². The van der Waals surface area contributed by atoms with Gasteiger partial charge in [0.15, 0.2) is 11.8 Å². The minimum Gasteiger partial charge on any atom is -0.377 e. The van der Waals surface area contributed by atoms with Gasteiger partial charge in [-0.15, -0.1) is 0 Å². The van der Waals surface area contributed by atoms with Crippen molar-refractivity contribution in [3.63, 3.8) is 0 Å². The van der Waals surface area contributed by atoms with Crippen LogP contribution in [0.15, 0.2) is 4.99 Å². The first-order valence-electron chi connectivity index (χ1n) is 11.0. The van der Waals surface area contributed by atoms with E-state index < -0.39 is 0 Å². The van der Waals surface area contributed by atoms with E-state index >= 15 is 0 Å². The standard InChI is InChI=1S/C20H35N7O/c1-3-21-20(22-10-11-26(17-7-8-17)12-15-4-5-15)23-16-6-9-19-24-18(14-28-2)25-27(19)13-16/h15-17H,3-14H2,1-2H3,(H2,21,22,23). The maximum atomic E-state index is 5.15. The minimum atomic E-state index is 0.327. The highest BCUT2D eigenvalue weighted by Crippen LogP contribution is 2.34. The monoisotopic (exact) mass is 389 g/mol. The molecule has 1 unspecified atom stereocenters. The third-order valence-electron chi connectivity index (χ3n) is 5.77. The molecule has 0 amide bonds. The summed E-state index contributed by atoms with van der Waals surface area (Å²) >= 11 is 0. The summed E-state index contributed by atoms with van der Waals surface area (Å²) in [6.07, 6.45) is 7.59. The van der Waals surface area contributed by atoms with Crippen LogP contribution in [0, 0.1) is 5.92 Å². The van der Waals surface area contributed by atoms with Gasteiger partial charge in [-0.2, -0.15) is 5.10 Å². The predicted octanol–water partition coefficient (Wildman–Crippen LogP) is 1.17. The molecule has 2 heterocycles. The highest BCUT2D eigenvalue weighted by molar-refractivity contribution is 5.80. The third kappa shape index (κ3) is 5.44. The van der Waals surface area contributed by atoms with Crippen LogP contribution in [0.5, 0.6) is 0 Å². The molecular weight excluding hydrogens is 354 g/mol. The Morgan fingerprint density at radius 3 is 2.86 bits per heavy atom. The van der Waals surface area contributed by atoms with Gasteiger partial charge in [0.2, 0.25) is 0 Å². The Morgan fingerprint density at radius 1 is 1.29 bits per heavy atom. The van der Waals surface area contributed by atoms with Gasteiger partial charge in [-0.05, 0) is 44.9 Å². The number of aryl methyl sites for hydroxylation is 1. The molecule has 4 rings (SSSR count). The van der Waals surface area contributed by atoms with E-state index in [0.717, 1.165) is 68.6 Å². The van der Waals surface area contributed by atoms with E-state index in [1.807, 2.05) is 4.68 Å². The minimum absolute atomic E-state index is 0.327. The number of hydrogen-bond donors (Lipinski definition) is 2. The lowest BCUT2D eigenvalue weighted by molar-refractivity contribution is 0.177. The molecule has 2 saturated carbocycles. The molecule has 3 aliphatic rings. The molecule has 28 heavy (non-hydrogen) atoms. The molecule has 0 saturated heterocycles. The summed E-state index contributed by atoms with van der Waals surface area (Å²) < 4.78 is 7.17. The van der Waals surface area contributed by atoms with Gasteiger partial charge in [0, 0.05) is 45.2 Å². The summed E-state index contributed by atoms with van der Waals surface area (Å²) in [6.45, 7) is 7.51. The van der Waals surface area contributed by atoms with Crippen LogP contribution in [0.3, 0.4) is 0 Å². The van der Waals surface area contributed by atoms with Crippen LogP contribution < -0.4 is 10.6 Å². The number of ether oxygens (including phenoxy) is 1. The van der Waals surface area contributed by atoms with Crippen molar-refractivity contribution in [3.8, 4) is 0 Å². The van der Waals surface area contributed by atoms with Crippen molar-refractivity contribution < 1.29 is 4.74 Å². The Labute approximate surface area is 168 Å². The van der Waals surface area contributed by atoms with Gasteiger partial charge in [-0.1, -0.05) is 0 Å². The zero-order valence-corrected chi connectivity index (χ0v) is 17.4. The van der Waals surface area contributed by atoms with Crippen LogP contribution in [0.25, 0.3) is 0 Å². The number of nitrogens with zero attached hydrogens (tertiary/aromatic N) is 5. The lowest BCUT2D eigenvalue weighted by Crippen LogP contribution is -2.47. The molecule has 0 radical (unpaired) electrons. The van der Waals surface area contributed by atoms with Crippen molar-refractivity contribution in [2.24, 2.45) is 10.9 Å². The van der Waals surface area contributed by atoms with Gasteiger partial charge < -0.3 is 15.4 Å². The fourth-order valence-corrected chi connectivity index (χ4v) is 3.97. The van der Waals surface area contributed by atoms with E-state index in [0.29, 0.717) is 12.6 Å². The van der Waals surface area contributed by atoms with E-state index in [9.17, 15) is 0 Å². The zero-order valence-electron chi connectivity index (χ0n) is 17.4. The maximum Gasteiger partial charge on any atom is 0.191 e. The molecule has 1 atom stereocenters. The van der Waals surface area contributed by atoms with Crippen LogP contribution in [-0.2, 0) is 24.3 Å². The maximum absolute atomic E-state index is 5.15. The predicted molar refractivity (Wildman–Crippen MR) is 109 cm³/mol. The summed E-state index contributed by atoms with van der Waals surface area (Å²) in [7, 11) is 1.68. The summed E-state index contributed by atoms with van der Waals surface area (Å²) in [4.78, 5) is 12.1. The first kappa shape index (κ1) is 19.6. The van der Waals surface area contributed by atoms with Crippen LogP contribution >= 0.6 is 0 Å². The normalized spacial score (nSPS) is 22.4. The van der Waals surface area contributed by atoms with Crippen molar-refractivity contribution in [3.05, 3.63) is 11.6 Å². The van der Waals surface area contributed by atoms with Crippen LogP contribution in [-0.4, -0.2) is 71.0 Å². The number of guanidine groups is 1. The molecule has 2 aliphatic carbocycles. The molecule has 156 valence electrons. The lowest BCUT2D eigenvalue weighted by Gasteiger charge is -2.26. The summed E-state index contributed by atoms with van der Waals surface area (Å²) in [5.41, 5.74) is 0. The van der Waals surface area contributed by atoms with Crippen LogP contribution in [0.4, 0.5) is 0 Å². The van der Waals surface area contributed by atoms with Gasteiger partial charge in [-0.3, -0.25) is 9.89 Å². The van der Waals surface area contributed by atoms with E-state index in [-0.39, 0.29) is 0 Å². The largest absolute Gasteiger partial charge is 0.377 e. The summed E-state index contributed by atoms with van der Waals surface area (Å²) in [6, 6.07) is 1.16. The number of methoxy groups -OCH3 is 1. The second-order valence-electron chi connectivity index (χ2n) is 8.37. The fraction of sp³-hybridized carbons (Fsp3) is 0.850. The van der Waals surface area contributed by atoms with Gasteiger partial charge in [0.25, 0.3) is 0 Å². The van der Waals surface area contributed by atoms with Crippen molar-refractivity contribution >= 4 is 5.96 Å². The first-order chi connectivity index (χ1) is 13.7.